The topological polar surface area (TPSA) is 237 Å². The zero-order chi connectivity index (χ0) is 81.1. The van der Waals surface area contributed by atoms with Crippen LogP contribution in [0.5, 0.6) is 0 Å². The van der Waals surface area contributed by atoms with Crippen LogP contribution in [0.3, 0.4) is 0 Å². The summed E-state index contributed by atoms with van der Waals surface area (Å²) >= 11 is 0. The van der Waals surface area contributed by atoms with Gasteiger partial charge in [-0.1, -0.05) is 452 Å². The molecule has 660 valence electrons. The molecule has 19 heteroatoms. The number of hydrogen-bond acceptors (Lipinski definition) is 15. The Hall–Kier alpha value is -1.94. The van der Waals surface area contributed by atoms with Gasteiger partial charge in [0.2, 0.25) is 0 Å². The summed E-state index contributed by atoms with van der Waals surface area (Å²) in [5, 5.41) is 10.7. The summed E-state index contributed by atoms with van der Waals surface area (Å²) in [7, 11) is -9.93. The second-order valence-corrected chi connectivity index (χ2v) is 36.2. The molecule has 3 N–H and O–H groups in total. The van der Waals surface area contributed by atoms with Crippen LogP contribution in [-0.2, 0) is 65.4 Å². The maximum Gasteiger partial charge on any atom is 0.472 e. The lowest BCUT2D eigenvalue weighted by Gasteiger charge is -2.21. The fraction of sp³-hybridized carbons (Fsp3) is 0.957. The molecule has 0 radical (unpaired) electrons. The van der Waals surface area contributed by atoms with Crippen molar-refractivity contribution in [1.29, 1.82) is 0 Å². The van der Waals surface area contributed by atoms with Crippen LogP contribution in [0.4, 0.5) is 0 Å². The van der Waals surface area contributed by atoms with Crippen LogP contribution in [0.25, 0.3) is 0 Å². The Labute approximate surface area is 683 Å². The van der Waals surface area contributed by atoms with E-state index in [-0.39, 0.29) is 25.7 Å². The standard InChI is InChI=1S/C92H180O17P2/c1-6-10-13-16-19-22-25-27-29-31-32-33-34-39-42-46-51-56-61-66-71-76-90(95)103-82-88(109-92(97)78-73-68-63-58-53-48-44-40-36-35-38-41-45-50-54-59-64-69-74-85(5)9-4)84-107-111(100,101)105-80-86(93)79-104-110(98,99)106-83-87(81-102-89(94)75-70-65-60-55-49-24-21-18-15-12-8-3)108-91(96)77-72-67-62-57-52-47-43-37-30-28-26-23-20-17-14-11-7-2/h85-88,93H,6-84H2,1-5H3,(H,98,99)(H,100,101)/t85?,86-,87+,88+/m0/s1. The summed E-state index contributed by atoms with van der Waals surface area (Å²) in [5.41, 5.74) is 0. The number of carbonyl (C=O) groups is 4. The third kappa shape index (κ3) is 84.3. The van der Waals surface area contributed by atoms with E-state index in [1.54, 1.807) is 0 Å². The number of phosphoric ester groups is 2. The number of esters is 4. The Bertz CT molecular complexity index is 2100. The van der Waals surface area contributed by atoms with Gasteiger partial charge < -0.3 is 33.8 Å². The van der Waals surface area contributed by atoms with Gasteiger partial charge >= 0.3 is 39.5 Å². The highest BCUT2D eigenvalue weighted by molar-refractivity contribution is 7.47. The van der Waals surface area contributed by atoms with Gasteiger partial charge in [0.05, 0.1) is 26.4 Å². The van der Waals surface area contributed by atoms with Crippen molar-refractivity contribution in [1.82, 2.24) is 0 Å². The van der Waals surface area contributed by atoms with Crippen molar-refractivity contribution in [2.45, 2.75) is 522 Å². The Balaban J connectivity index is 5.22. The van der Waals surface area contributed by atoms with Gasteiger partial charge in [0.25, 0.3) is 0 Å². The molecule has 0 aliphatic heterocycles. The van der Waals surface area contributed by atoms with Gasteiger partial charge in [-0.25, -0.2) is 9.13 Å². The molecule has 0 amide bonds. The average molecular weight is 1620 g/mol. The average Bonchev–Trinajstić information content (AvgIpc) is 0.897. The summed E-state index contributed by atoms with van der Waals surface area (Å²) in [5.74, 6) is -1.22. The number of unbranched alkanes of at least 4 members (excludes halogenated alkanes) is 63. The maximum absolute atomic E-state index is 13.2. The summed E-state index contributed by atoms with van der Waals surface area (Å²) in [6.45, 7) is 7.47. The SMILES string of the molecule is CCCCCCCCCCCCCCCCCCCCCCCC(=O)OC[C@H](COP(=O)(O)OC[C@@H](O)COP(=O)(O)OC[C@@H](COC(=O)CCCCCCCCCCCCC)OC(=O)CCCCCCCCCCCCCCCCCCC)OC(=O)CCCCCCCCCCCCCCCCCCCCC(C)CC. The zero-order valence-electron chi connectivity index (χ0n) is 73.1. The van der Waals surface area contributed by atoms with E-state index < -0.39 is 97.5 Å². The molecule has 0 aromatic carbocycles. The first-order chi connectivity index (χ1) is 54.1. The molecule has 0 saturated heterocycles. The van der Waals surface area contributed by atoms with Gasteiger partial charge in [0.1, 0.15) is 19.3 Å². The van der Waals surface area contributed by atoms with E-state index in [0.717, 1.165) is 95.8 Å². The molecule has 0 aliphatic rings. The van der Waals surface area contributed by atoms with Crippen LogP contribution in [0.1, 0.15) is 503 Å². The van der Waals surface area contributed by atoms with Crippen molar-refractivity contribution in [3.05, 3.63) is 0 Å². The highest BCUT2D eigenvalue weighted by Crippen LogP contribution is 2.45. The summed E-state index contributed by atoms with van der Waals surface area (Å²) in [6.07, 6.45) is 80.6. The van der Waals surface area contributed by atoms with Crippen molar-refractivity contribution >= 4 is 39.5 Å². The third-order valence-electron chi connectivity index (χ3n) is 22.1. The van der Waals surface area contributed by atoms with Crippen LogP contribution >= 0.6 is 15.6 Å². The number of phosphoric acid groups is 2. The molecule has 0 aromatic rings. The minimum Gasteiger partial charge on any atom is -0.462 e. The summed E-state index contributed by atoms with van der Waals surface area (Å²) in [4.78, 5) is 73.4. The number of rotatable bonds is 92. The van der Waals surface area contributed by atoms with E-state index in [1.165, 1.54) is 327 Å². The van der Waals surface area contributed by atoms with Crippen molar-refractivity contribution < 1.29 is 80.2 Å². The number of aliphatic hydroxyl groups excluding tert-OH is 1. The molecule has 111 heavy (non-hydrogen) atoms. The van der Waals surface area contributed by atoms with E-state index in [2.05, 4.69) is 34.6 Å². The molecule has 6 atom stereocenters. The monoisotopic (exact) mass is 1620 g/mol. The van der Waals surface area contributed by atoms with Gasteiger partial charge in [0.15, 0.2) is 12.2 Å². The lowest BCUT2D eigenvalue weighted by atomic mass is 9.99. The molecule has 0 saturated carbocycles. The number of carbonyl (C=O) groups excluding carboxylic acids is 4. The molecular formula is C92H180O17P2. The molecule has 0 fully saturated rings. The Morgan fingerprint density at radius 2 is 0.432 bits per heavy atom. The van der Waals surface area contributed by atoms with Crippen molar-refractivity contribution in [3.8, 4) is 0 Å². The van der Waals surface area contributed by atoms with Gasteiger partial charge in [-0.3, -0.25) is 37.3 Å². The Kier molecular flexibility index (Phi) is 83.0. The molecular weight excluding hydrogens is 1440 g/mol. The second kappa shape index (κ2) is 84.5. The molecule has 17 nitrogen and oxygen atoms in total. The van der Waals surface area contributed by atoms with E-state index in [1.807, 2.05) is 0 Å². The zero-order valence-corrected chi connectivity index (χ0v) is 74.9. The first-order valence-corrected chi connectivity index (χ1v) is 50.7. The van der Waals surface area contributed by atoms with Crippen LogP contribution in [0, 0.1) is 5.92 Å². The van der Waals surface area contributed by atoms with Gasteiger partial charge in [-0.05, 0) is 31.6 Å². The van der Waals surface area contributed by atoms with Crippen molar-refractivity contribution in [2.75, 3.05) is 39.6 Å². The normalized spacial score (nSPS) is 13.9. The molecule has 0 aliphatic carbocycles. The Morgan fingerprint density at radius 1 is 0.252 bits per heavy atom. The van der Waals surface area contributed by atoms with E-state index in [4.69, 9.17) is 37.0 Å². The quantitative estimate of drug-likeness (QED) is 0.0222. The molecule has 0 heterocycles. The van der Waals surface area contributed by atoms with Crippen LogP contribution < -0.4 is 0 Å². The third-order valence-corrected chi connectivity index (χ3v) is 24.0. The lowest BCUT2D eigenvalue weighted by Crippen LogP contribution is -2.30. The highest BCUT2D eigenvalue weighted by Gasteiger charge is 2.31. The van der Waals surface area contributed by atoms with Gasteiger partial charge in [0, 0.05) is 25.7 Å². The van der Waals surface area contributed by atoms with Gasteiger partial charge in [-0.15, -0.1) is 0 Å². The molecule has 0 spiro atoms. The first kappa shape index (κ1) is 109. The number of hydrogen-bond donors (Lipinski definition) is 3. The number of ether oxygens (including phenoxy) is 4. The molecule has 3 unspecified atom stereocenters. The minimum absolute atomic E-state index is 0.109. The maximum atomic E-state index is 13.2. The van der Waals surface area contributed by atoms with E-state index in [0.29, 0.717) is 25.7 Å². The lowest BCUT2D eigenvalue weighted by molar-refractivity contribution is -0.161. The van der Waals surface area contributed by atoms with E-state index >= 15 is 0 Å². The van der Waals surface area contributed by atoms with Crippen LogP contribution in [-0.4, -0.2) is 96.7 Å². The fourth-order valence-electron chi connectivity index (χ4n) is 14.5. The predicted molar refractivity (Wildman–Crippen MR) is 460 cm³/mol. The molecule has 0 aromatic heterocycles. The smallest absolute Gasteiger partial charge is 0.462 e. The first-order valence-electron chi connectivity index (χ1n) is 47.7. The number of aliphatic hydroxyl groups is 1. The molecule has 0 rings (SSSR count). The predicted octanol–water partition coefficient (Wildman–Crippen LogP) is 28.7. The van der Waals surface area contributed by atoms with Crippen LogP contribution in [0.15, 0.2) is 0 Å². The van der Waals surface area contributed by atoms with Crippen molar-refractivity contribution in [2.24, 2.45) is 5.92 Å². The van der Waals surface area contributed by atoms with Crippen LogP contribution in [0.2, 0.25) is 0 Å². The minimum atomic E-state index is -4.97. The van der Waals surface area contributed by atoms with Gasteiger partial charge in [-0.2, -0.15) is 0 Å². The highest BCUT2D eigenvalue weighted by atomic mass is 31.2. The second-order valence-electron chi connectivity index (χ2n) is 33.3. The Morgan fingerprint density at radius 3 is 0.640 bits per heavy atom. The van der Waals surface area contributed by atoms with Crippen molar-refractivity contribution in [3.63, 3.8) is 0 Å². The summed E-state index contributed by atoms with van der Waals surface area (Å²) in [6, 6.07) is 0. The summed E-state index contributed by atoms with van der Waals surface area (Å²) < 4.78 is 69.1. The largest absolute Gasteiger partial charge is 0.472 e. The molecule has 0 bridgehead atoms. The fourth-order valence-corrected chi connectivity index (χ4v) is 16.1. The van der Waals surface area contributed by atoms with E-state index in [9.17, 15) is 43.2 Å².